The molecule has 0 unspecified atom stereocenters. The summed E-state index contributed by atoms with van der Waals surface area (Å²) in [4.78, 5) is 16.3. The molecule has 0 bridgehead atoms. The fourth-order valence-electron chi connectivity index (χ4n) is 2.65. The highest BCUT2D eigenvalue weighted by Gasteiger charge is 2.10. The van der Waals surface area contributed by atoms with Crippen molar-refractivity contribution < 1.29 is 14.1 Å². The first kappa shape index (κ1) is 17.7. The molecule has 1 aromatic heterocycles. The number of ether oxygens (including phenoxy) is 1. The molecule has 0 fully saturated rings. The minimum Gasteiger partial charge on any atom is -0.496 e. The second-order valence-corrected chi connectivity index (χ2v) is 5.96. The molecule has 1 amide bonds. The van der Waals surface area contributed by atoms with Gasteiger partial charge < -0.3 is 14.6 Å². The van der Waals surface area contributed by atoms with Crippen molar-refractivity contribution in [1.29, 1.82) is 0 Å². The van der Waals surface area contributed by atoms with Crippen LogP contribution in [0.2, 0.25) is 0 Å². The lowest BCUT2D eigenvalue weighted by molar-refractivity contribution is -0.121. The van der Waals surface area contributed by atoms with Crippen molar-refractivity contribution in [2.45, 2.75) is 26.3 Å². The van der Waals surface area contributed by atoms with Crippen molar-refractivity contribution in [2.75, 3.05) is 7.11 Å². The number of benzene rings is 2. The number of methoxy groups -OCH3 is 1. The average molecular weight is 351 g/mol. The zero-order valence-electron chi connectivity index (χ0n) is 14.9. The number of nitrogens with zero attached hydrogens (tertiary/aromatic N) is 2. The van der Waals surface area contributed by atoms with Gasteiger partial charge in [0.2, 0.25) is 17.6 Å². The summed E-state index contributed by atoms with van der Waals surface area (Å²) in [5.41, 5.74) is 3.04. The number of hydrogen-bond donors (Lipinski definition) is 1. The van der Waals surface area contributed by atoms with E-state index in [1.54, 1.807) is 7.11 Å². The summed E-state index contributed by atoms with van der Waals surface area (Å²) in [6, 6.07) is 15.5. The van der Waals surface area contributed by atoms with E-state index < -0.39 is 0 Å². The van der Waals surface area contributed by atoms with Crippen LogP contribution >= 0.6 is 0 Å². The molecule has 3 rings (SSSR count). The number of carbonyl (C=O) groups excluding carboxylic acids is 1. The second-order valence-electron chi connectivity index (χ2n) is 5.96. The molecule has 6 heteroatoms. The molecule has 0 aliphatic carbocycles. The monoisotopic (exact) mass is 351 g/mol. The second kappa shape index (κ2) is 8.29. The van der Waals surface area contributed by atoms with Gasteiger partial charge in [-0.15, -0.1) is 0 Å². The lowest BCUT2D eigenvalue weighted by Crippen LogP contribution is -2.23. The Morgan fingerprint density at radius 3 is 2.73 bits per heavy atom. The van der Waals surface area contributed by atoms with Crippen LogP contribution in [-0.2, 0) is 17.8 Å². The first-order valence-electron chi connectivity index (χ1n) is 8.44. The third-order valence-corrected chi connectivity index (χ3v) is 4.04. The van der Waals surface area contributed by atoms with Gasteiger partial charge in [-0.3, -0.25) is 4.79 Å². The maximum atomic E-state index is 12.0. The Morgan fingerprint density at radius 2 is 2.00 bits per heavy atom. The van der Waals surface area contributed by atoms with Crippen molar-refractivity contribution in [2.24, 2.45) is 0 Å². The summed E-state index contributed by atoms with van der Waals surface area (Å²) in [6.07, 6.45) is 1.06. The van der Waals surface area contributed by atoms with Gasteiger partial charge in [0.05, 0.1) is 13.7 Å². The molecular formula is C20H21N3O3. The molecule has 1 heterocycles. The fourth-order valence-corrected chi connectivity index (χ4v) is 2.65. The summed E-state index contributed by atoms with van der Waals surface area (Å²) in [5.74, 6) is 1.70. The standard InChI is InChI=1S/C20H21N3O3/c1-14-12-15(8-10-17(14)25-2)9-11-18(24)21-13-19-22-20(23-26-19)16-6-4-3-5-7-16/h3-8,10,12H,9,11,13H2,1-2H3,(H,21,24). The highest BCUT2D eigenvalue weighted by Crippen LogP contribution is 2.19. The van der Waals surface area contributed by atoms with Crippen molar-refractivity contribution in [3.63, 3.8) is 0 Å². The number of hydrogen-bond acceptors (Lipinski definition) is 5. The number of aromatic nitrogens is 2. The van der Waals surface area contributed by atoms with Gasteiger partial charge in [0.1, 0.15) is 5.75 Å². The molecule has 0 aliphatic heterocycles. The van der Waals surface area contributed by atoms with E-state index in [0.29, 0.717) is 24.6 Å². The third-order valence-electron chi connectivity index (χ3n) is 4.04. The first-order valence-corrected chi connectivity index (χ1v) is 8.44. The predicted molar refractivity (Wildman–Crippen MR) is 97.6 cm³/mol. The van der Waals surface area contributed by atoms with E-state index in [9.17, 15) is 4.79 Å². The molecule has 6 nitrogen and oxygen atoms in total. The number of carbonyl (C=O) groups is 1. The zero-order valence-corrected chi connectivity index (χ0v) is 14.9. The minimum atomic E-state index is -0.0575. The van der Waals surface area contributed by atoms with Gasteiger partial charge in [0, 0.05) is 12.0 Å². The van der Waals surface area contributed by atoms with Crippen molar-refractivity contribution >= 4 is 5.91 Å². The van der Waals surface area contributed by atoms with E-state index in [-0.39, 0.29) is 12.5 Å². The van der Waals surface area contributed by atoms with Gasteiger partial charge in [0.25, 0.3) is 0 Å². The molecule has 0 aliphatic rings. The Bertz CT molecular complexity index is 875. The van der Waals surface area contributed by atoms with Crippen LogP contribution in [0.1, 0.15) is 23.4 Å². The Morgan fingerprint density at radius 1 is 1.19 bits per heavy atom. The van der Waals surface area contributed by atoms with Crippen LogP contribution in [-0.4, -0.2) is 23.2 Å². The lowest BCUT2D eigenvalue weighted by atomic mass is 10.1. The Hall–Kier alpha value is -3.15. The molecule has 134 valence electrons. The molecule has 2 aromatic carbocycles. The van der Waals surface area contributed by atoms with Gasteiger partial charge in [-0.05, 0) is 30.5 Å². The molecule has 0 saturated carbocycles. The maximum absolute atomic E-state index is 12.0. The van der Waals surface area contributed by atoms with Gasteiger partial charge in [-0.25, -0.2) is 0 Å². The summed E-state index contributed by atoms with van der Waals surface area (Å²) >= 11 is 0. The van der Waals surface area contributed by atoms with Crippen LogP contribution in [0.4, 0.5) is 0 Å². The van der Waals surface area contributed by atoms with Crippen LogP contribution in [0, 0.1) is 6.92 Å². The minimum absolute atomic E-state index is 0.0575. The molecule has 0 spiro atoms. The number of rotatable bonds is 7. The van der Waals surface area contributed by atoms with Gasteiger partial charge in [-0.1, -0.05) is 47.6 Å². The lowest BCUT2D eigenvalue weighted by Gasteiger charge is -2.07. The van der Waals surface area contributed by atoms with Crippen LogP contribution in [0.3, 0.4) is 0 Å². The van der Waals surface area contributed by atoms with E-state index in [1.807, 2.05) is 55.5 Å². The first-order chi connectivity index (χ1) is 12.7. The molecular weight excluding hydrogens is 330 g/mol. The van der Waals surface area contributed by atoms with Crippen LogP contribution in [0.15, 0.2) is 53.1 Å². The Labute approximate surface area is 152 Å². The van der Waals surface area contributed by atoms with E-state index >= 15 is 0 Å². The topological polar surface area (TPSA) is 77.2 Å². The molecule has 0 atom stereocenters. The van der Waals surface area contributed by atoms with Crippen LogP contribution in [0.5, 0.6) is 5.75 Å². The average Bonchev–Trinajstić information content (AvgIpc) is 3.14. The largest absolute Gasteiger partial charge is 0.496 e. The van der Waals surface area contributed by atoms with Crippen LogP contribution in [0.25, 0.3) is 11.4 Å². The predicted octanol–water partition coefficient (Wildman–Crippen LogP) is 3.30. The van der Waals surface area contributed by atoms with Gasteiger partial charge >= 0.3 is 0 Å². The smallest absolute Gasteiger partial charge is 0.246 e. The summed E-state index contributed by atoms with van der Waals surface area (Å²) in [5, 5.41) is 6.75. The summed E-state index contributed by atoms with van der Waals surface area (Å²) in [7, 11) is 1.65. The third kappa shape index (κ3) is 4.47. The fraction of sp³-hybridized carbons (Fsp3) is 0.250. The maximum Gasteiger partial charge on any atom is 0.246 e. The number of nitrogens with one attached hydrogen (secondary N) is 1. The quantitative estimate of drug-likeness (QED) is 0.707. The molecule has 3 aromatic rings. The number of amides is 1. The SMILES string of the molecule is COc1ccc(CCC(=O)NCc2nc(-c3ccccc3)no2)cc1C. The zero-order chi connectivity index (χ0) is 18.4. The van der Waals surface area contributed by atoms with E-state index in [2.05, 4.69) is 15.5 Å². The number of aryl methyl sites for hydroxylation is 2. The summed E-state index contributed by atoms with van der Waals surface area (Å²) in [6.45, 7) is 2.21. The molecule has 0 saturated heterocycles. The van der Waals surface area contributed by atoms with E-state index in [1.165, 1.54) is 0 Å². The molecule has 0 radical (unpaired) electrons. The van der Waals surface area contributed by atoms with Gasteiger partial charge in [0.15, 0.2) is 0 Å². The Balaban J connectivity index is 1.49. The molecule has 26 heavy (non-hydrogen) atoms. The van der Waals surface area contributed by atoms with Crippen molar-refractivity contribution in [1.82, 2.24) is 15.5 Å². The molecule has 1 N–H and O–H groups in total. The van der Waals surface area contributed by atoms with Gasteiger partial charge in [-0.2, -0.15) is 4.98 Å². The van der Waals surface area contributed by atoms with Crippen molar-refractivity contribution in [3.05, 3.63) is 65.5 Å². The highest BCUT2D eigenvalue weighted by molar-refractivity contribution is 5.76. The van der Waals surface area contributed by atoms with E-state index in [4.69, 9.17) is 9.26 Å². The summed E-state index contributed by atoms with van der Waals surface area (Å²) < 4.78 is 10.4. The normalized spacial score (nSPS) is 10.5. The van der Waals surface area contributed by atoms with E-state index in [0.717, 1.165) is 22.4 Å². The van der Waals surface area contributed by atoms with Crippen molar-refractivity contribution in [3.8, 4) is 17.1 Å². The Kier molecular flexibility index (Phi) is 5.63. The van der Waals surface area contributed by atoms with Crippen LogP contribution < -0.4 is 10.1 Å². The highest BCUT2D eigenvalue weighted by atomic mass is 16.5.